The minimum atomic E-state index is -0.217. The van der Waals surface area contributed by atoms with E-state index in [0.717, 1.165) is 55.5 Å². The van der Waals surface area contributed by atoms with E-state index in [2.05, 4.69) is 32.6 Å². The summed E-state index contributed by atoms with van der Waals surface area (Å²) in [6, 6.07) is 10.1. The molecular weight excluding hydrogens is 400 g/mol. The summed E-state index contributed by atoms with van der Waals surface area (Å²) in [6.45, 7) is 11.3. The molecule has 0 bridgehead atoms. The summed E-state index contributed by atoms with van der Waals surface area (Å²) in [5.41, 5.74) is 3.13. The van der Waals surface area contributed by atoms with E-state index in [4.69, 9.17) is 9.72 Å². The smallest absolute Gasteiger partial charge is 0.263 e. The highest BCUT2D eigenvalue weighted by Crippen LogP contribution is 2.39. The van der Waals surface area contributed by atoms with Gasteiger partial charge in [-0.3, -0.25) is 9.36 Å². The topological polar surface area (TPSA) is 44.1 Å². The van der Waals surface area contributed by atoms with Crippen LogP contribution in [0.4, 0.5) is 0 Å². The van der Waals surface area contributed by atoms with Crippen LogP contribution < -0.4 is 5.56 Å². The number of hydrogen-bond acceptors (Lipinski definition) is 5. The van der Waals surface area contributed by atoms with E-state index >= 15 is 0 Å². The molecule has 0 spiro atoms. The number of aromatic nitrogens is 2. The number of rotatable bonds is 6. The molecule has 1 unspecified atom stereocenters. The third-order valence-electron chi connectivity index (χ3n) is 5.44. The zero-order chi connectivity index (χ0) is 20.6. The minimum Gasteiger partial charge on any atom is -0.369 e. The van der Waals surface area contributed by atoms with Gasteiger partial charge in [0.1, 0.15) is 4.83 Å². The largest absolute Gasteiger partial charge is 0.369 e. The second-order valence-corrected chi connectivity index (χ2v) is 10.00. The second kappa shape index (κ2) is 8.09. The maximum Gasteiger partial charge on any atom is 0.263 e. The van der Waals surface area contributed by atoms with E-state index in [9.17, 15) is 4.79 Å². The van der Waals surface area contributed by atoms with Gasteiger partial charge in [0.15, 0.2) is 5.16 Å². The standard InChI is InChI=1S/C23H26N2O2S2/c1-5-23(4)11-17-18(13-27-23)29-20-19(17)21(26)25(12-16-9-7-6-8-10-16)22(24-20)28-14-15(2)3/h6-10H,2,5,11-14H2,1,3-4H3. The van der Waals surface area contributed by atoms with Crippen LogP contribution in [0.15, 0.2) is 52.4 Å². The van der Waals surface area contributed by atoms with Crippen molar-refractivity contribution in [2.75, 3.05) is 5.75 Å². The average Bonchev–Trinajstić information content (AvgIpc) is 3.07. The fourth-order valence-electron chi connectivity index (χ4n) is 3.56. The summed E-state index contributed by atoms with van der Waals surface area (Å²) in [4.78, 5) is 20.6. The van der Waals surface area contributed by atoms with Gasteiger partial charge >= 0.3 is 0 Å². The molecule has 0 saturated heterocycles. The lowest BCUT2D eigenvalue weighted by atomic mass is 9.90. The van der Waals surface area contributed by atoms with Crippen molar-refractivity contribution in [3.05, 3.63) is 68.8 Å². The Bertz CT molecular complexity index is 1120. The molecule has 152 valence electrons. The molecule has 0 fully saturated rings. The summed E-state index contributed by atoms with van der Waals surface area (Å²) in [5.74, 6) is 0.745. The molecule has 29 heavy (non-hydrogen) atoms. The number of ether oxygens (including phenoxy) is 1. The Labute approximate surface area is 179 Å². The van der Waals surface area contributed by atoms with Gasteiger partial charge in [-0.25, -0.2) is 4.98 Å². The van der Waals surface area contributed by atoms with Crippen molar-refractivity contribution in [2.45, 2.75) is 57.5 Å². The Morgan fingerprint density at radius 2 is 2.14 bits per heavy atom. The highest BCUT2D eigenvalue weighted by atomic mass is 32.2. The zero-order valence-electron chi connectivity index (χ0n) is 17.2. The molecule has 4 rings (SSSR count). The van der Waals surface area contributed by atoms with Gasteiger partial charge in [-0.2, -0.15) is 0 Å². The maximum atomic E-state index is 13.7. The van der Waals surface area contributed by atoms with Crippen molar-refractivity contribution >= 4 is 33.3 Å². The monoisotopic (exact) mass is 426 g/mol. The number of nitrogens with zero attached hydrogens (tertiary/aromatic N) is 2. The van der Waals surface area contributed by atoms with Gasteiger partial charge < -0.3 is 4.74 Å². The van der Waals surface area contributed by atoms with Gasteiger partial charge in [0.25, 0.3) is 5.56 Å². The second-order valence-electron chi connectivity index (χ2n) is 7.97. The number of hydrogen-bond donors (Lipinski definition) is 0. The van der Waals surface area contributed by atoms with Crippen LogP contribution in [0, 0.1) is 0 Å². The quantitative estimate of drug-likeness (QED) is 0.300. The molecule has 0 aliphatic carbocycles. The van der Waals surface area contributed by atoms with E-state index in [1.165, 1.54) is 0 Å². The molecule has 1 aliphatic heterocycles. The Balaban J connectivity index is 1.87. The van der Waals surface area contributed by atoms with Crippen molar-refractivity contribution in [2.24, 2.45) is 0 Å². The van der Waals surface area contributed by atoms with E-state index in [1.807, 2.05) is 29.7 Å². The van der Waals surface area contributed by atoms with E-state index in [-0.39, 0.29) is 11.2 Å². The zero-order valence-corrected chi connectivity index (χ0v) is 18.8. The number of thioether (sulfide) groups is 1. The van der Waals surface area contributed by atoms with Crippen LogP contribution in [0.3, 0.4) is 0 Å². The SMILES string of the molecule is C=C(C)CSc1nc2sc3c(c2c(=O)n1Cc1ccccc1)CC(C)(CC)OC3. The van der Waals surface area contributed by atoms with Crippen LogP contribution in [-0.2, 0) is 24.3 Å². The Morgan fingerprint density at radius 3 is 2.83 bits per heavy atom. The third kappa shape index (κ3) is 4.06. The molecule has 0 radical (unpaired) electrons. The molecule has 0 amide bonds. The molecule has 0 N–H and O–H groups in total. The summed E-state index contributed by atoms with van der Waals surface area (Å²) >= 11 is 3.18. The van der Waals surface area contributed by atoms with Crippen molar-refractivity contribution in [1.29, 1.82) is 0 Å². The van der Waals surface area contributed by atoms with Gasteiger partial charge in [0, 0.05) is 17.1 Å². The van der Waals surface area contributed by atoms with Crippen molar-refractivity contribution in [1.82, 2.24) is 9.55 Å². The minimum absolute atomic E-state index is 0.0564. The first kappa shape index (κ1) is 20.4. The Hall–Kier alpha value is -1.89. The highest BCUT2D eigenvalue weighted by molar-refractivity contribution is 7.99. The van der Waals surface area contributed by atoms with Gasteiger partial charge in [0.2, 0.25) is 0 Å². The number of thiophene rings is 1. The molecule has 1 aliphatic rings. The Morgan fingerprint density at radius 1 is 1.38 bits per heavy atom. The average molecular weight is 427 g/mol. The maximum absolute atomic E-state index is 13.7. The first-order chi connectivity index (χ1) is 13.9. The molecule has 2 aromatic heterocycles. The third-order valence-corrected chi connectivity index (χ3v) is 7.75. The molecule has 6 heteroatoms. The van der Waals surface area contributed by atoms with Gasteiger partial charge in [-0.05, 0) is 31.4 Å². The lowest BCUT2D eigenvalue weighted by Crippen LogP contribution is -2.34. The fraction of sp³-hybridized carbons (Fsp3) is 0.391. The van der Waals surface area contributed by atoms with Gasteiger partial charge in [-0.15, -0.1) is 11.3 Å². The Kier molecular flexibility index (Phi) is 5.69. The normalized spacial score (nSPS) is 18.7. The highest BCUT2D eigenvalue weighted by Gasteiger charge is 2.33. The van der Waals surface area contributed by atoms with Crippen molar-refractivity contribution in [3.8, 4) is 0 Å². The van der Waals surface area contributed by atoms with Crippen LogP contribution in [0.1, 0.15) is 43.2 Å². The number of benzene rings is 1. The molecule has 0 saturated carbocycles. The molecular formula is C23H26N2O2S2. The lowest BCUT2D eigenvalue weighted by Gasteiger charge is -2.32. The molecule has 4 nitrogen and oxygen atoms in total. The van der Waals surface area contributed by atoms with Crippen molar-refractivity contribution < 1.29 is 4.74 Å². The summed E-state index contributed by atoms with van der Waals surface area (Å²) in [7, 11) is 0. The number of fused-ring (bicyclic) bond motifs is 3. The van der Waals surface area contributed by atoms with Crippen LogP contribution in [0.2, 0.25) is 0 Å². The fourth-order valence-corrected chi connectivity index (χ4v) is 5.55. The molecule has 1 atom stereocenters. The predicted molar refractivity (Wildman–Crippen MR) is 122 cm³/mol. The molecule has 1 aromatic carbocycles. The summed E-state index contributed by atoms with van der Waals surface area (Å²) in [5, 5.41) is 1.54. The molecule has 3 heterocycles. The van der Waals surface area contributed by atoms with E-state index in [0.29, 0.717) is 13.2 Å². The first-order valence-corrected chi connectivity index (χ1v) is 11.7. The van der Waals surface area contributed by atoms with Crippen LogP contribution in [0.25, 0.3) is 10.2 Å². The van der Waals surface area contributed by atoms with Crippen LogP contribution in [0.5, 0.6) is 0 Å². The summed E-state index contributed by atoms with van der Waals surface area (Å²) < 4.78 is 7.93. The van der Waals surface area contributed by atoms with Crippen molar-refractivity contribution in [3.63, 3.8) is 0 Å². The van der Waals surface area contributed by atoms with E-state index < -0.39 is 0 Å². The predicted octanol–water partition coefficient (Wildman–Crippen LogP) is 5.42. The summed E-state index contributed by atoms with van der Waals surface area (Å²) in [6.07, 6.45) is 1.68. The van der Waals surface area contributed by atoms with Gasteiger partial charge in [-0.1, -0.05) is 61.2 Å². The van der Waals surface area contributed by atoms with E-state index in [1.54, 1.807) is 23.1 Å². The van der Waals surface area contributed by atoms with Crippen LogP contribution >= 0.6 is 23.1 Å². The van der Waals surface area contributed by atoms with Gasteiger partial charge in [0.05, 0.1) is 24.1 Å². The molecule has 3 aromatic rings. The lowest BCUT2D eigenvalue weighted by molar-refractivity contribution is -0.0543. The van der Waals surface area contributed by atoms with Crippen LogP contribution in [-0.4, -0.2) is 20.9 Å². The first-order valence-electron chi connectivity index (χ1n) is 9.90.